The Morgan fingerprint density at radius 1 is 1.08 bits per heavy atom. The molecule has 0 fully saturated rings. The summed E-state index contributed by atoms with van der Waals surface area (Å²) in [6.45, 7) is 5.94. The van der Waals surface area contributed by atoms with Crippen LogP contribution >= 0.6 is 0 Å². The Hall–Kier alpha value is -2.29. The molecule has 1 N–H and O–H groups in total. The number of nitrogens with one attached hydrogen (secondary N) is 1. The van der Waals surface area contributed by atoms with Gasteiger partial charge in [-0.15, -0.1) is 0 Å². The molecule has 0 radical (unpaired) electrons. The van der Waals surface area contributed by atoms with E-state index in [1.807, 2.05) is 31.2 Å². The van der Waals surface area contributed by atoms with Crippen LogP contribution in [0.2, 0.25) is 0 Å². The lowest BCUT2D eigenvalue weighted by atomic mass is 9.89. The summed E-state index contributed by atoms with van der Waals surface area (Å²) in [5.41, 5.74) is 5.29. The zero-order valence-electron chi connectivity index (χ0n) is 16.0. The van der Waals surface area contributed by atoms with Crippen LogP contribution in [0.25, 0.3) is 0 Å². The predicted molar refractivity (Wildman–Crippen MR) is 106 cm³/mol. The van der Waals surface area contributed by atoms with E-state index in [1.165, 1.54) is 41.5 Å². The van der Waals surface area contributed by atoms with E-state index in [2.05, 4.69) is 30.4 Å². The molecule has 0 spiro atoms. The average Bonchev–Trinajstić information content (AvgIpc) is 2.67. The van der Waals surface area contributed by atoms with Crippen molar-refractivity contribution in [3.63, 3.8) is 0 Å². The maximum Gasteiger partial charge on any atom is 0.261 e. The summed E-state index contributed by atoms with van der Waals surface area (Å²) in [5.74, 6) is 0.648. The summed E-state index contributed by atoms with van der Waals surface area (Å²) in [6.07, 6.45) is 5.22. The van der Waals surface area contributed by atoms with Gasteiger partial charge in [0.15, 0.2) is 6.10 Å². The van der Waals surface area contributed by atoms with Crippen molar-refractivity contribution in [3.8, 4) is 5.75 Å². The second-order valence-electron chi connectivity index (χ2n) is 7.28. The van der Waals surface area contributed by atoms with Crippen LogP contribution in [0.5, 0.6) is 5.75 Å². The van der Waals surface area contributed by atoms with E-state index in [4.69, 9.17) is 4.74 Å². The number of benzene rings is 2. The Kier molecular flexibility index (Phi) is 5.97. The monoisotopic (exact) mass is 351 g/mol. The Balaban J connectivity index is 1.65. The highest BCUT2D eigenvalue weighted by atomic mass is 16.5. The maximum atomic E-state index is 12.6. The van der Waals surface area contributed by atoms with E-state index in [0.29, 0.717) is 0 Å². The fourth-order valence-corrected chi connectivity index (χ4v) is 3.55. The van der Waals surface area contributed by atoms with E-state index in [1.54, 1.807) is 6.92 Å². The molecule has 1 aliphatic rings. The Morgan fingerprint density at radius 3 is 2.46 bits per heavy atom. The predicted octanol–water partition coefficient (Wildman–Crippen LogP) is 4.91. The first-order valence-electron chi connectivity index (χ1n) is 9.72. The second-order valence-corrected chi connectivity index (χ2v) is 7.28. The molecule has 0 bridgehead atoms. The van der Waals surface area contributed by atoms with Gasteiger partial charge in [-0.05, 0) is 74.8 Å². The number of hydrogen-bond acceptors (Lipinski definition) is 2. The molecule has 0 aromatic heterocycles. The minimum atomic E-state index is -0.524. The first-order valence-corrected chi connectivity index (χ1v) is 9.72. The number of rotatable bonds is 6. The average molecular weight is 351 g/mol. The lowest BCUT2D eigenvalue weighted by Crippen LogP contribution is -2.38. The van der Waals surface area contributed by atoms with Crippen molar-refractivity contribution in [2.24, 2.45) is 0 Å². The van der Waals surface area contributed by atoms with Crippen molar-refractivity contribution >= 4 is 5.91 Å². The van der Waals surface area contributed by atoms with Crippen LogP contribution in [0.4, 0.5) is 0 Å². The molecule has 1 amide bonds. The number of fused-ring (bicyclic) bond motifs is 1. The summed E-state index contributed by atoms with van der Waals surface area (Å²) in [6, 6.07) is 14.5. The van der Waals surface area contributed by atoms with Gasteiger partial charge in [0.05, 0.1) is 6.04 Å². The van der Waals surface area contributed by atoms with Gasteiger partial charge in [-0.25, -0.2) is 0 Å². The van der Waals surface area contributed by atoms with Gasteiger partial charge < -0.3 is 10.1 Å². The quantitative estimate of drug-likeness (QED) is 0.803. The van der Waals surface area contributed by atoms with E-state index in [0.717, 1.165) is 18.6 Å². The third-order valence-corrected chi connectivity index (χ3v) is 5.20. The molecular formula is C23H29NO2. The molecule has 0 unspecified atom stereocenters. The number of hydrogen-bond donors (Lipinski definition) is 1. The van der Waals surface area contributed by atoms with Crippen LogP contribution < -0.4 is 10.1 Å². The normalized spacial score (nSPS) is 15.7. The number of ether oxygens (including phenoxy) is 1. The molecule has 2 atom stereocenters. The SMILES string of the molecule is CC[C@H](NC(=O)[C@H](C)Oc1ccc(C)cc1)c1ccc2c(c1)CCCC2. The van der Waals surface area contributed by atoms with E-state index in [-0.39, 0.29) is 11.9 Å². The smallest absolute Gasteiger partial charge is 0.261 e. The summed E-state index contributed by atoms with van der Waals surface area (Å²) >= 11 is 0. The summed E-state index contributed by atoms with van der Waals surface area (Å²) in [7, 11) is 0. The standard InChI is InChI=1S/C23H29NO2/c1-4-22(20-12-11-18-7-5-6-8-19(18)15-20)24-23(25)17(3)26-21-13-9-16(2)10-14-21/h9-15,17,22H,4-8H2,1-3H3,(H,24,25)/t17-,22-/m0/s1. The van der Waals surface area contributed by atoms with Gasteiger partial charge >= 0.3 is 0 Å². The van der Waals surface area contributed by atoms with Gasteiger partial charge in [0, 0.05) is 0 Å². The largest absolute Gasteiger partial charge is 0.481 e. The van der Waals surface area contributed by atoms with Gasteiger partial charge in [0.2, 0.25) is 0 Å². The Labute approximate surface area is 156 Å². The molecule has 2 aromatic rings. The molecule has 0 heterocycles. The van der Waals surface area contributed by atoms with Crippen LogP contribution in [0.15, 0.2) is 42.5 Å². The van der Waals surface area contributed by atoms with Crippen molar-refractivity contribution in [1.82, 2.24) is 5.32 Å². The summed E-state index contributed by atoms with van der Waals surface area (Å²) in [5, 5.41) is 3.16. The molecule has 26 heavy (non-hydrogen) atoms. The highest BCUT2D eigenvalue weighted by Crippen LogP contribution is 2.26. The Bertz CT molecular complexity index is 751. The molecule has 1 aliphatic carbocycles. The van der Waals surface area contributed by atoms with Crippen molar-refractivity contribution in [2.45, 2.75) is 65.0 Å². The van der Waals surface area contributed by atoms with Crippen molar-refractivity contribution in [2.75, 3.05) is 0 Å². The zero-order valence-corrected chi connectivity index (χ0v) is 16.0. The van der Waals surface area contributed by atoms with Crippen LogP contribution in [0.3, 0.4) is 0 Å². The van der Waals surface area contributed by atoms with Gasteiger partial charge in [0.25, 0.3) is 5.91 Å². The molecule has 2 aromatic carbocycles. The topological polar surface area (TPSA) is 38.3 Å². The van der Waals surface area contributed by atoms with Crippen LogP contribution in [0.1, 0.15) is 61.4 Å². The number of amides is 1. The highest BCUT2D eigenvalue weighted by Gasteiger charge is 2.20. The second kappa shape index (κ2) is 8.39. The minimum Gasteiger partial charge on any atom is -0.481 e. The summed E-state index contributed by atoms with van der Waals surface area (Å²) in [4.78, 5) is 12.6. The maximum absolute atomic E-state index is 12.6. The number of aryl methyl sites for hydroxylation is 3. The molecule has 3 nitrogen and oxygen atoms in total. The Morgan fingerprint density at radius 2 is 1.77 bits per heavy atom. The lowest BCUT2D eigenvalue weighted by Gasteiger charge is -2.23. The fourth-order valence-electron chi connectivity index (χ4n) is 3.55. The molecule has 138 valence electrons. The first-order chi connectivity index (χ1) is 12.6. The van der Waals surface area contributed by atoms with Crippen molar-refractivity contribution < 1.29 is 9.53 Å². The van der Waals surface area contributed by atoms with E-state index in [9.17, 15) is 4.79 Å². The number of carbonyl (C=O) groups excluding carboxylic acids is 1. The van der Waals surface area contributed by atoms with Gasteiger partial charge in [-0.2, -0.15) is 0 Å². The minimum absolute atomic E-state index is 0.0267. The van der Waals surface area contributed by atoms with E-state index < -0.39 is 6.10 Å². The molecule has 3 rings (SSSR count). The fraction of sp³-hybridized carbons (Fsp3) is 0.435. The third-order valence-electron chi connectivity index (χ3n) is 5.20. The highest BCUT2D eigenvalue weighted by molar-refractivity contribution is 5.81. The van der Waals surface area contributed by atoms with Crippen LogP contribution in [-0.2, 0) is 17.6 Å². The van der Waals surface area contributed by atoms with E-state index >= 15 is 0 Å². The van der Waals surface area contributed by atoms with Crippen LogP contribution in [0, 0.1) is 6.92 Å². The van der Waals surface area contributed by atoms with Crippen molar-refractivity contribution in [1.29, 1.82) is 0 Å². The lowest BCUT2D eigenvalue weighted by molar-refractivity contribution is -0.128. The van der Waals surface area contributed by atoms with Gasteiger partial charge in [-0.3, -0.25) is 4.79 Å². The van der Waals surface area contributed by atoms with Crippen LogP contribution in [-0.4, -0.2) is 12.0 Å². The zero-order chi connectivity index (χ0) is 18.5. The number of carbonyl (C=O) groups is 1. The third kappa shape index (κ3) is 4.46. The summed E-state index contributed by atoms with van der Waals surface area (Å²) < 4.78 is 5.79. The van der Waals surface area contributed by atoms with Crippen molar-refractivity contribution in [3.05, 3.63) is 64.7 Å². The van der Waals surface area contributed by atoms with Gasteiger partial charge in [0.1, 0.15) is 5.75 Å². The molecular weight excluding hydrogens is 322 g/mol. The molecule has 0 saturated carbocycles. The molecule has 0 aliphatic heterocycles. The van der Waals surface area contributed by atoms with Gasteiger partial charge in [-0.1, -0.05) is 42.8 Å². The molecule has 0 saturated heterocycles. The first kappa shape index (κ1) is 18.5. The molecule has 3 heteroatoms.